The van der Waals surface area contributed by atoms with Crippen LogP contribution in [0.2, 0.25) is 0 Å². The third-order valence-electron chi connectivity index (χ3n) is 2.25. The first-order chi connectivity index (χ1) is 8.54. The quantitative estimate of drug-likeness (QED) is 0.820. The molecule has 0 spiro atoms. The van der Waals surface area contributed by atoms with E-state index in [2.05, 4.69) is 14.8 Å². The number of aromatic nitrogens is 3. The molecule has 0 amide bonds. The van der Waals surface area contributed by atoms with E-state index in [9.17, 15) is 8.42 Å². The largest absolute Gasteiger partial charge is 0.366 e. The predicted molar refractivity (Wildman–Crippen MR) is 66.6 cm³/mol. The second kappa shape index (κ2) is 4.75. The Morgan fingerprint density at radius 3 is 2.72 bits per heavy atom. The molecule has 1 heterocycles. The van der Waals surface area contributed by atoms with E-state index in [0.717, 1.165) is 0 Å². The standard InChI is InChI=1S/C10H13N5O2S/c1-2-13-18(16,17)9-6-4-3-5-8(9)15-7-12-10(11)14-15/h3-7,13H,2H2,1H3,(H2,11,14). The number of rotatable bonds is 4. The summed E-state index contributed by atoms with van der Waals surface area (Å²) in [6, 6.07) is 6.51. The molecule has 0 aliphatic carbocycles. The highest BCUT2D eigenvalue weighted by Crippen LogP contribution is 2.18. The van der Waals surface area contributed by atoms with Gasteiger partial charge in [-0.15, -0.1) is 5.10 Å². The maximum atomic E-state index is 12.0. The van der Waals surface area contributed by atoms with Gasteiger partial charge in [0.2, 0.25) is 16.0 Å². The van der Waals surface area contributed by atoms with Gasteiger partial charge in [0.05, 0.1) is 5.69 Å². The fourth-order valence-corrected chi connectivity index (χ4v) is 2.76. The summed E-state index contributed by atoms with van der Waals surface area (Å²) in [4.78, 5) is 3.91. The maximum absolute atomic E-state index is 12.0. The summed E-state index contributed by atoms with van der Waals surface area (Å²) < 4.78 is 27.8. The van der Waals surface area contributed by atoms with Gasteiger partial charge in [0.25, 0.3) is 0 Å². The number of sulfonamides is 1. The van der Waals surface area contributed by atoms with Gasteiger partial charge in [-0.05, 0) is 12.1 Å². The van der Waals surface area contributed by atoms with Crippen molar-refractivity contribution in [1.82, 2.24) is 19.5 Å². The van der Waals surface area contributed by atoms with Gasteiger partial charge in [-0.1, -0.05) is 19.1 Å². The van der Waals surface area contributed by atoms with Crippen LogP contribution in [0.1, 0.15) is 6.92 Å². The molecule has 1 aromatic heterocycles. The van der Waals surface area contributed by atoms with Crippen molar-refractivity contribution in [2.75, 3.05) is 12.3 Å². The lowest BCUT2D eigenvalue weighted by Crippen LogP contribution is -2.24. The molecule has 7 nitrogen and oxygen atoms in total. The number of nitrogens with zero attached hydrogens (tertiary/aromatic N) is 3. The third-order valence-corrected chi connectivity index (χ3v) is 3.84. The van der Waals surface area contributed by atoms with Gasteiger partial charge in [0.15, 0.2) is 0 Å². The molecule has 18 heavy (non-hydrogen) atoms. The van der Waals surface area contributed by atoms with Crippen molar-refractivity contribution in [1.29, 1.82) is 0 Å². The lowest BCUT2D eigenvalue weighted by molar-refractivity contribution is 0.583. The molecular weight excluding hydrogens is 254 g/mol. The first kappa shape index (κ1) is 12.5. The Morgan fingerprint density at radius 1 is 1.39 bits per heavy atom. The van der Waals surface area contributed by atoms with Gasteiger partial charge >= 0.3 is 0 Å². The minimum absolute atomic E-state index is 0.0886. The van der Waals surface area contributed by atoms with Crippen molar-refractivity contribution in [2.24, 2.45) is 0 Å². The summed E-state index contributed by atoms with van der Waals surface area (Å²) in [5, 5.41) is 3.91. The predicted octanol–water partition coefficient (Wildman–Crippen LogP) is 0.148. The van der Waals surface area contributed by atoms with Crippen LogP contribution in [0.5, 0.6) is 0 Å². The molecule has 1 aromatic carbocycles. The molecule has 0 radical (unpaired) electrons. The summed E-state index contributed by atoms with van der Waals surface area (Å²) in [5.41, 5.74) is 5.83. The van der Waals surface area contributed by atoms with E-state index >= 15 is 0 Å². The van der Waals surface area contributed by atoms with Crippen molar-refractivity contribution in [3.63, 3.8) is 0 Å². The molecule has 0 bridgehead atoms. The van der Waals surface area contributed by atoms with Crippen LogP contribution in [0.15, 0.2) is 35.5 Å². The molecular formula is C10H13N5O2S. The molecule has 0 saturated carbocycles. The summed E-state index contributed by atoms with van der Waals surface area (Å²) in [5.74, 6) is 0.0886. The lowest BCUT2D eigenvalue weighted by Gasteiger charge is -2.09. The Bertz CT molecular complexity index is 650. The number of nitrogen functional groups attached to an aromatic ring is 1. The number of hydrogen-bond donors (Lipinski definition) is 2. The number of nitrogens with one attached hydrogen (secondary N) is 1. The first-order valence-corrected chi connectivity index (χ1v) is 6.79. The third kappa shape index (κ3) is 2.34. The summed E-state index contributed by atoms with van der Waals surface area (Å²) in [7, 11) is -3.56. The zero-order valence-corrected chi connectivity index (χ0v) is 10.6. The van der Waals surface area contributed by atoms with Crippen molar-refractivity contribution in [3.05, 3.63) is 30.6 Å². The fraction of sp³-hybridized carbons (Fsp3) is 0.200. The van der Waals surface area contributed by atoms with E-state index in [4.69, 9.17) is 5.73 Å². The Morgan fingerprint density at radius 2 is 2.11 bits per heavy atom. The molecule has 0 atom stereocenters. The van der Waals surface area contributed by atoms with E-state index < -0.39 is 10.0 Å². The van der Waals surface area contributed by atoms with Gasteiger partial charge in [-0.2, -0.15) is 0 Å². The number of benzene rings is 1. The van der Waals surface area contributed by atoms with Crippen LogP contribution in [0.4, 0.5) is 5.95 Å². The fourth-order valence-electron chi connectivity index (χ4n) is 1.53. The zero-order chi connectivity index (χ0) is 13.2. The molecule has 0 aliphatic rings. The molecule has 3 N–H and O–H groups in total. The van der Waals surface area contributed by atoms with Gasteiger partial charge in [0.1, 0.15) is 11.2 Å². The monoisotopic (exact) mass is 267 g/mol. The van der Waals surface area contributed by atoms with E-state index in [1.807, 2.05) is 0 Å². The highest BCUT2D eigenvalue weighted by atomic mass is 32.2. The van der Waals surface area contributed by atoms with Gasteiger partial charge < -0.3 is 5.73 Å². The Labute approximate surface area is 105 Å². The van der Waals surface area contributed by atoms with Crippen LogP contribution in [0, 0.1) is 0 Å². The van der Waals surface area contributed by atoms with Crippen molar-refractivity contribution in [2.45, 2.75) is 11.8 Å². The Balaban J connectivity index is 2.57. The molecule has 2 aromatic rings. The zero-order valence-electron chi connectivity index (χ0n) is 9.74. The maximum Gasteiger partial charge on any atom is 0.242 e. The summed E-state index contributed by atoms with van der Waals surface area (Å²) in [6.45, 7) is 2.03. The van der Waals surface area contributed by atoms with Crippen molar-refractivity contribution in [3.8, 4) is 5.69 Å². The second-order valence-electron chi connectivity index (χ2n) is 3.52. The minimum Gasteiger partial charge on any atom is -0.366 e. The van der Waals surface area contributed by atoms with Crippen LogP contribution in [0.25, 0.3) is 5.69 Å². The highest BCUT2D eigenvalue weighted by molar-refractivity contribution is 7.89. The summed E-state index contributed by atoms with van der Waals surface area (Å²) >= 11 is 0. The van der Waals surface area contributed by atoms with E-state index in [1.165, 1.54) is 17.1 Å². The van der Waals surface area contributed by atoms with Crippen LogP contribution in [0.3, 0.4) is 0 Å². The lowest BCUT2D eigenvalue weighted by atomic mass is 10.3. The number of nitrogens with two attached hydrogens (primary N) is 1. The highest BCUT2D eigenvalue weighted by Gasteiger charge is 2.18. The SMILES string of the molecule is CCNS(=O)(=O)c1ccccc1-n1cnc(N)n1. The molecule has 0 saturated heterocycles. The van der Waals surface area contributed by atoms with Crippen LogP contribution >= 0.6 is 0 Å². The van der Waals surface area contributed by atoms with Crippen molar-refractivity contribution >= 4 is 16.0 Å². The van der Waals surface area contributed by atoms with E-state index in [0.29, 0.717) is 12.2 Å². The van der Waals surface area contributed by atoms with E-state index in [1.54, 1.807) is 25.1 Å². The molecule has 0 fully saturated rings. The number of hydrogen-bond acceptors (Lipinski definition) is 5. The van der Waals surface area contributed by atoms with Crippen LogP contribution in [-0.4, -0.2) is 29.7 Å². The molecule has 0 unspecified atom stereocenters. The smallest absolute Gasteiger partial charge is 0.242 e. The van der Waals surface area contributed by atoms with E-state index in [-0.39, 0.29) is 10.8 Å². The minimum atomic E-state index is -3.56. The number of anilines is 1. The van der Waals surface area contributed by atoms with Crippen LogP contribution < -0.4 is 10.5 Å². The molecule has 0 aliphatic heterocycles. The molecule has 2 rings (SSSR count). The van der Waals surface area contributed by atoms with Crippen molar-refractivity contribution < 1.29 is 8.42 Å². The van der Waals surface area contributed by atoms with Gasteiger partial charge in [-0.25, -0.2) is 22.8 Å². The first-order valence-electron chi connectivity index (χ1n) is 5.31. The molecule has 96 valence electrons. The van der Waals surface area contributed by atoms with Crippen LogP contribution in [-0.2, 0) is 10.0 Å². The van der Waals surface area contributed by atoms with Gasteiger partial charge in [-0.3, -0.25) is 0 Å². The Kier molecular flexibility index (Phi) is 3.30. The molecule has 8 heteroatoms. The second-order valence-corrected chi connectivity index (χ2v) is 5.25. The average molecular weight is 267 g/mol. The topological polar surface area (TPSA) is 103 Å². The van der Waals surface area contributed by atoms with Gasteiger partial charge in [0, 0.05) is 6.54 Å². The summed E-state index contributed by atoms with van der Waals surface area (Å²) in [6.07, 6.45) is 1.37. The Hall–Kier alpha value is -1.93. The average Bonchev–Trinajstić information content (AvgIpc) is 2.76. The normalized spacial score (nSPS) is 11.6. The number of para-hydroxylation sites is 1.